The zero-order valence-electron chi connectivity index (χ0n) is 16.5. The van der Waals surface area contributed by atoms with Gasteiger partial charge in [0, 0.05) is 48.2 Å². The zero-order valence-corrected chi connectivity index (χ0v) is 16.5. The highest BCUT2D eigenvalue weighted by Gasteiger charge is 2.34. The lowest BCUT2D eigenvalue weighted by Crippen LogP contribution is -2.04. The summed E-state index contributed by atoms with van der Waals surface area (Å²) in [7, 11) is 3.21. The van der Waals surface area contributed by atoms with Crippen LogP contribution in [0.4, 0.5) is 13.2 Å². The number of nitrogens with zero attached hydrogens (tertiary/aromatic N) is 2. The Balaban J connectivity index is 1.53. The molecule has 0 aliphatic carbocycles. The molecule has 2 aromatic carbocycles. The molecule has 0 fully saturated rings. The minimum Gasteiger partial charge on any atom is -0.496 e. The average Bonchev–Trinajstić information content (AvgIpc) is 3.35. The van der Waals surface area contributed by atoms with E-state index >= 15 is 0 Å². The predicted octanol–water partition coefficient (Wildman–Crippen LogP) is 5.70. The van der Waals surface area contributed by atoms with Gasteiger partial charge in [0.15, 0.2) is 5.69 Å². The third-order valence-corrected chi connectivity index (χ3v) is 4.93. The molecule has 0 bridgehead atoms. The number of aryl methyl sites for hydroxylation is 1. The molecule has 0 saturated heterocycles. The van der Waals surface area contributed by atoms with Gasteiger partial charge in [-0.15, -0.1) is 0 Å². The van der Waals surface area contributed by atoms with Crippen LogP contribution in [0, 0.1) is 0 Å². The predicted molar refractivity (Wildman–Crippen MR) is 109 cm³/mol. The van der Waals surface area contributed by atoms with Crippen LogP contribution in [-0.2, 0) is 19.6 Å². The highest BCUT2D eigenvalue weighted by Crippen LogP contribution is 2.32. The van der Waals surface area contributed by atoms with E-state index in [1.165, 1.54) is 4.57 Å². The van der Waals surface area contributed by atoms with Crippen LogP contribution in [-0.4, -0.2) is 21.6 Å². The van der Waals surface area contributed by atoms with E-state index in [1.807, 2.05) is 42.6 Å². The van der Waals surface area contributed by atoms with Crippen molar-refractivity contribution in [3.63, 3.8) is 0 Å². The van der Waals surface area contributed by atoms with Crippen LogP contribution in [0.3, 0.4) is 0 Å². The normalized spacial score (nSPS) is 11.6. The van der Waals surface area contributed by atoms with Crippen molar-refractivity contribution in [2.24, 2.45) is 7.05 Å². The van der Waals surface area contributed by atoms with Crippen LogP contribution in [0.15, 0.2) is 67.0 Å². The molecule has 2 aromatic heterocycles. The molecular formula is C23H20F3N3O. The molecule has 7 heteroatoms. The lowest BCUT2D eigenvalue weighted by molar-refractivity contribution is -0.140. The number of aromatic amines is 1. The molecule has 30 heavy (non-hydrogen) atoms. The molecule has 1 N–H and O–H groups in total. The Morgan fingerprint density at radius 2 is 1.77 bits per heavy atom. The number of hydrogen-bond donors (Lipinski definition) is 1. The van der Waals surface area contributed by atoms with Crippen molar-refractivity contribution in [1.82, 2.24) is 14.5 Å². The highest BCUT2D eigenvalue weighted by molar-refractivity contribution is 5.70. The summed E-state index contributed by atoms with van der Waals surface area (Å²) < 4.78 is 45.5. The number of methoxy groups -OCH3 is 1. The number of imidazole rings is 1. The lowest BCUT2D eigenvalue weighted by atomic mass is 10.0. The van der Waals surface area contributed by atoms with E-state index in [9.17, 15) is 13.2 Å². The van der Waals surface area contributed by atoms with Crippen LogP contribution in [0.2, 0.25) is 0 Å². The molecule has 0 saturated carbocycles. The number of hydrogen-bond acceptors (Lipinski definition) is 2. The Labute approximate surface area is 172 Å². The van der Waals surface area contributed by atoms with Gasteiger partial charge in [0.2, 0.25) is 0 Å². The molecule has 4 rings (SSSR count). The van der Waals surface area contributed by atoms with E-state index in [4.69, 9.17) is 4.74 Å². The second-order valence-corrected chi connectivity index (χ2v) is 7.05. The van der Waals surface area contributed by atoms with E-state index in [2.05, 4.69) is 16.0 Å². The Morgan fingerprint density at radius 1 is 1.03 bits per heavy atom. The number of ether oxygens (including phenoxy) is 1. The summed E-state index contributed by atoms with van der Waals surface area (Å²) in [5.74, 6) is 1.09. The summed E-state index contributed by atoms with van der Waals surface area (Å²) in [6.07, 6.45) is -0.845. The number of H-pyrrole nitrogens is 1. The van der Waals surface area contributed by atoms with Gasteiger partial charge in [0.1, 0.15) is 11.6 Å². The first-order chi connectivity index (χ1) is 14.3. The topological polar surface area (TPSA) is 42.8 Å². The second-order valence-electron chi connectivity index (χ2n) is 7.05. The van der Waals surface area contributed by atoms with Crippen LogP contribution in [0.1, 0.15) is 17.0 Å². The van der Waals surface area contributed by atoms with Crippen LogP contribution in [0.5, 0.6) is 5.75 Å². The van der Waals surface area contributed by atoms with Crippen molar-refractivity contribution >= 4 is 0 Å². The zero-order chi connectivity index (χ0) is 21.3. The summed E-state index contributed by atoms with van der Waals surface area (Å²) >= 11 is 0. The van der Waals surface area contributed by atoms with Gasteiger partial charge in [0.05, 0.1) is 7.11 Å². The smallest absolute Gasteiger partial charge is 0.434 e. The quantitative estimate of drug-likeness (QED) is 0.458. The molecule has 154 valence electrons. The van der Waals surface area contributed by atoms with Crippen LogP contribution < -0.4 is 4.74 Å². The van der Waals surface area contributed by atoms with E-state index in [0.29, 0.717) is 12.0 Å². The Hall–Kier alpha value is -3.48. The molecule has 0 aliphatic heterocycles. The second kappa shape index (κ2) is 7.74. The summed E-state index contributed by atoms with van der Waals surface area (Å²) in [5, 5.41) is 0. The van der Waals surface area contributed by atoms with Crippen molar-refractivity contribution in [3.8, 4) is 28.3 Å². The Bertz CT molecular complexity index is 1160. The van der Waals surface area contributed by atoms with E-state index in [1.54, 1.807) is 26.3 Å². The van der Waals surface area contributed by atoms with Gasteiger partial charge >= 0.3 is 6.18 Å². The van der Waals surface area contributed by atoms with Crippen molar-refractivity contribution in [1.29, 1.82) is 0 Å². The van der Waals surface area contributed by atoms with Gasteiger partial charge in [-0.3, -0.25) is 0 Å². The molecule has 0 radical (unpaired) electrons. The third-order valence-electron chi connectivity index (χ3n) is 4.93. The molecule has 0 spiro atoms. The average molecular weight is 411 g/mol. The SMILES string of the molecule is COc1ccccc1-c1c[nH]c(Cc2ccc(-c3nc(C(F)(F)F)cn3C)cc2)c1. The summed E-state index contributed by atoms with van der Waals surface area (Å²) in [6.45, 7) is 0. The fraction of sp³-hybridized carbons (Fsp3) is 0.174. The number of aromatic nitrogens is 3. The van der Waals surface area contributed by atoms with Crippen molar-refractivity contribution in [2.45, 2.75) is 12.6 Å². The van der Waals surface area contributed by atoms with Crippen molar-refractivity contribution in [3.05, 3.63) is 83.9 Å². The summed E-state index contributed by atoms with van der Waals surface area (Å²) in [6, 6.07) is 17.3. The van der Waals surface area contributed by atoms with Crippen LogP contribution in [0.25, 0.3) is 22.5 Å². The van der Waals surface area contributed by atoms with E-state index in [0.717, 1.165) is 34.3 Å². The summed E-state index contributed by atoms with van der Waals surface area (Å²) in [4.78, 5) is 7.02. The Morgan fingerprint density at radius 3 is 2.43 bits per heavy atom. The van der Waals surface area contributed by atoms with Crippen molar-refractivity contribution < 1.29 is 17.9 Å². The minimum absolute atomic E-state index is 0.284. The van der Waals surface area contributed by atoms with E-state index in [-0.39, 0.29) is 5.82 Å². The van der Waals surface area contributed by atoms with Gasteiger partial charge in [-0.1, -0.05) is 42.5 Å². The fourth-order valence-electron chi connectivity index (χ4n) is 3.44. The molecule has 4 nitrogen and oxygen atoms in total. The van der Waals surface area contributed by atoms with Gasteiger partial charge in [-0.05, 0) is 17.7 Å². The molecule has 2 heterocycles. The number of para-hydroxylation sites is 1. The maximum atomic E-state index is 12.9. The molecule has 0 unspecified atom stereocenters. The molecule has 4 aromatic rings. The number of nitrogens with one attached hydrogen (secondary N) is 1. The number of rotatable bonds is 5. The number of benzene rings is 2. The molecular weight excluding hydrogens is 391 g/mol. The van der Waals surface area contributed by atoms with Gasteiger partial charge in [-0.2, -0.15) is 13.2 Å². The lowest BCUT2D eigenvalue weighted by Gasteiger charge is -2.05. The largest absolute Gasteiger partial charge is 0.496 e. The Kier molecular flexibility index (Phi) is 5.11. The van der Waals surface area contributed by atoms with Gasteiger partial charge in [0.25, 0.3) is 0 Å². The first kappa shape index (κ1) is 19.8. The van der Waals surface area contributed by atoms with Crippen molar-refractivity contribution in [2.75, 3.05) is 7.11 Å². The molecule has 0 aliphatic rings. The number of alkyl halides is 3. The highest BCUT2D eigenvalue weighted by atomic mass is 19.4. The standard InChI is InChI=1S/C23H20F3N3O/c1-29-14-21(23(24,25)26)28-22(29)16-9-7-15(8-10-16)11-18-12-17(13-27-18)19-5-3-4-6-20(19)30-2/h3-10,12-14,27H,11H2,1-2H3. The monoisotopic (exact) mass is 411 g/mol. The summed E-state index contributed by atoms with van der Waals surface area (Å²) in [5.41, 5.74) is 3.86. The third kappa shape index (κ3) is 3.96. The first-order valence-corrected chi connectivity index (χ1v) is 9.35. The number of halogens is 3. The first-order valence-electron chi connectivity index (χ1n) is 9.35. The molecule has 0 atom stereocenters. The van der Waals surface area contributed by atoms with Gasteiger partial charge < -0.3 is 14.3 Å². The van der Waals surface area contributed by atoms with E-state index < -0.39 is 11.9 Å². The minimum atomic E-state index is -4.46. The maximum absolute atomic E-state index is 12.9. The maximum Gasteiger partial charge on any atom is 0.434 e. The fourth-order valence-corrected chi connectivity index (χ4v) is 3.44. The van der Waals surface area contributed by atoms with Crippen LogP contribution >= 0.6 is 0 Å². The molecule has 0 amide bonds. The van der Waals surface area contributed by atoms with Gasteiger partial charge in [-0.25, -0.2) is 4.98 Å².